The fraction of sp³-hybridized carbons (Fsp3) is 0.364. The lowest BCUT2D eigenvalue weighted by molar-refractivity contribution is 0.866. The minimum Gasteiger partial charge on any atom is -0.377 e. The van der Waals surface area contributed by atoms with E-state index in [0.717, 1.165) is 5.75 Å². The highest BCUT2D eigenvalue weighted by atomic mass is 32.2. The first kappa shape index (κ1) is 11.9. The van der Waals surface area contributed by atoms with Crippen molar-refractivity contribution >= 4 is 16.9 Å². The van der Waals surface area contributed by atoms with E-state index < -0.39 is 0 Å². The van der Waals surface area contributed by atoms with Crippen LogP contribution in [-0.4, -0.2) is 5.17 Å². The molecule has 0 aliphatic carbocycles. The second-order valence-electron chi connectivity index (χ2n) is 3.65. The molecule has 0 fully saturated rings. The molecular weight excluding hydrogens is 206 g/mol. The summed E-state index contributed by atoms with van der Waals surface area (Å²) in [5.74, 6) is 6.42. The smallest absolute Gasteiger partial charge is 0.177 e. The summed E-state index contributed by atoms with van der Waals surface area (Å²) >= 11 is 1.45. The first-order valence-corrected chi connectivity index (χ1v) is 5.87. The molecule has 0 saturated carbocycles. The second-order valence-corrected chi connectivity index (χ2v) is 4.65. The lowest BCUT2D eigenvalue weighted by Crippen LogP contribution is -2.09. The molecule has 0 aliphatic heterocycles. The summed E-state index contributed by atoms with van der Waals surface area (Å²) in [6, 6.07) is 8.53. The molecule has 0 aromatic heterocycles. The standard InChI is InChI=1S/C11H17N3S/c1-8(2)10-5-3-9(4-6-10)7-15-11(12)14-13/h3-6,8H,7,13H2,1-2H3,(H2,12,14). The van der Waals surface area contributed by atoms with Gasteiger partial charge in [0.15, 0.2) is 5.17 Å². The topological polar surface area (TPSA) is 64.4 Å². The number of rotatable bonds is 3. The fourth-order valence-corrected chi connectivity index (χ4v) is 1.77. The Morgan fingerprint density at radius 3 is 2.40 bits per heavy atom. The van der Waals surface area contributed by atoms with Crippen molar-refractivity contribution in [1.29, 1.82) is 0 Å². The van der Waals surface area contributed by atoms with Gasteiger partial charge in [-0.25, -0.2) is 0 Å². The zero-order valence-corrected chi connectivity index (χ0v) is 9.92. The number of nitrogens with two attached hydrogens (primary N) is 2. The van der Waals surface area contributed by atoms with Gasteiger partial charge in [-0.15, -0.1) is 0 Å². The summed E-state index contributed by atoms with van der Waals surface area (Å²) in [6.07, 6.45) is 0. The van der Waals surface area contributed by atoms with Crippen molar-refractivity contribution in [3.63, 3.8) is 0 Å². The Kier molecular flexibility index (Phi) is 4.49. The third kappa shape index (κ3) is 3.83. The van der Waals surface area contributed by atoms with Crippen molar-refractivity contribution in [2.45, 2.75) is 25.5 Å². The highest BCUT2D eigenvalue weighted by Crippen LogP contribution is 2.17. The van der Waals surface area contributed by atoms with Gasteiger partial charge < -0.3 is 11.6 Å². The first-order chi connectivity index (χ1) is 7.13. The zero-order chi connectivity index (χ0) is 11.3. The molecule has 0 amide bonds. The van der Waals surface area contributed by atoms with Crippen LogP contribution in [-0.2, 0) is 5.75 Å². The van der Waals surface area contributed by atoms with E-state index in [1.54, 1.807) is 0 Å². The van der Waals surface area contributed by atoms with Gasteiger partial charge in [0, 0.05) is 5.75 Å². The summed E-state index contributed by atoms with van der Waals surface area (Å²) in [5, 5.41) is 3.83. The van der Waals surface area contributed by atoms with Gasteiger partial charge in [-0.3, -0.25) is 0 Å². The van der Waals surface area contributed by atoms with Crippen molar-refractivity contribution < 1.29 is 0 Å². The number of benzene rings is 1. The van der Waals surface area contributed by atoms with Crippen LogP contribution < -0.4 is 11.6 Å². The molecular formula is C11H17N3S. The monoisotopic (exact) mass is 223 g/mol. The van der Waals surface area contributed by atoms with Crippen LogP contribution in [0.4, 0.5) is 0 Å². The Bertz CT molecular complexity index is 330. The second kappa shape index (κ2) is 5.66. The quantitative estimate of drug-likeness (QED) is 0.357. The Hall–Kier alpha value is -1.16. The predicted molar refractivity (Wildman–Crippen MR) is 67.6 cm³/mol. The molecule has 0 spiro atoms. The van der Waals surface area contributed by atoms with Gasteiger partial charge in [0.2, 0.25) is 0 Å². The lowest BCUT2D eigenvalue weighted by Gasteiger charge is -2.06. The molecule has 0 atom stereocenters. The van der Waals surface area contributed by atoms with Gasteiger partial charge in [0.25, 0.3) is 0 Å². The van der Waals surface area contributed by atoms with Crippen LogP contribution in [0.1, 0.15) is 30.9 Å². The molecule has 0 heterocycles. The van der Waals surface area contributed by atoms with Crippen molar-refractivity contribution in [2.24, 2.45) is 16.7 Å². The average Bonchev–Trinajstić information content (AvgIpc) is 2.26. The average molecular weight is 223 g/mol. The van der Waals surface area contributed by atoms with Crippen LogP contribution in [0.25, 0.3) is 0 Å². The lowest BCUT2D eigenvalue weighted by atomic mass is 10.0. The molecule has 15 heavy (non-hydrogen) atoms. The van der Waals surface area contributed by atoms with Gasteiger partial charge in [0.1, 0.15) is 0 Å². The number of thioether (sulfide) groups is 1. The van der Waals surface area contributed by atoms with Crippen molar-refractivity contribution in [3.8, 4) is 0 Å². The summed E-state index contributed by atoms with van der Waals surface area (Å²) in [4.78, 5) is 0. The number of nitrogens with zero attached hydrogens (tertiary/aromatic N) is 1. The molecule has 0 aliphatic rings. The maximum Gasteiger partial charge on any atom is 0.177 e. The van der Waals surface area contributed by atoms with Gasteiger partial charge in [-0.2, -0.15) is 5.10 Å². The Balaban J connectivity index is 2.57. The van der Waals surface area contributed by atoms with Gasteiger partial charge in [-0.05, 0) is 17.0 Å². The van der Waals surface area contributed by atoms with Crippen molar-refractivity contribution in [2.75, 3.05) is 0 Å². The Morgan fingerprint density at radius 1 is 1.33 bits per heavy atom. The van der Waals surface area contributed by atoms with Crippen LogP contribution >= 0.6 is 11.8 Å². The molecule has 4 N–H and O–H groups in total. The van der Waals surface area contributed by atoms with E-state index in [4.69, 9.17) is 11.6 Å². The molecule has 3 nitrogen and oxygen atoms in total. The molecule has 0 unspecified atom stereocenters. The van der Waals surface area contributed by atoms with E-state index in [1.165, 1.54) is 22.9 Å². The third-order valence-electron chi connectivity index (χ3n) is 2.16. The number of hydrogen-bond acceptors (Lipinski definition) is 3. The van der Waals surface area contributed by atoms with Crippen molar-refractivity contribution in [1.82, 2.24) is 0 Å². The van der Waals surface area contributed by atoms with E-state index >= 15 is 0 Å². The number of hydrazone groups is 1. The van der Waals surface area contributed by atoms with Crippen molar-refractivity contribution in [3.05, 3.63) is 35.4 Å². The molecule has 0 bridgehead atoms. The molecule has 1 aromatic carbocycles. The van der Waals surface area contributed by atoms with E-state index in [2.05, 4.69) is 43.2 Å². The summed E-state index contributed by atoms with van der Waals surface area (Å²) in [6.45, 7) is 4.37. The highest BCUT2D eigenvalue weighted by Gasteiger charge is 2.00. The molecule has 1 rings (SSSR count). The third-order valence-corrected chi connectivity index (χ3v) is 3.04. The molecule has 0 saturated heterocycles. The maximum absolute atomic E-state index is 5.49. The number of hydrogen-bond donors (Lipinski definition) is 2. The predicted octanol–water partition coefficient (Wildman–Crippen LogP) is 2.23. The van der Waals surface area contributed by atoms with Gasteiger partial charge in [-0.1, -0.05) is 49.9 Å². The van der Waals surface area contributed by atoms with Crippen LogP contribution in [0.5, 0.6) is 0 Å². The number of amidine groups is 1. The summed E-state index contributed by atoms with van der Waals surface area (Å²) in [5.41, 5.74) is 8.07. The minimum atomic E-state index is 0.419. The van der Waals surface area contributed by atoms with Crippen LogP contribution in [0, 0.1) is 0 Å². The van der Waals surface area contributed by atoms with E-state index in [0.29, 0.717) is 11.1 Å². The van der Waals surface area contributed by atoms with E-state index in [-0.39, 0.29) is 0 Å². The zero-order valence-electron chi connectivity index (χ0n) is 9.10. The molecule has 4 heteroatoms. The van der Waals surface area contributed by atoms with E-state index in [9.17, 15) is 0 Å². The fourth-order valence-electron chi connectivity index (χ4n) is 1.19. The summed E-state index contributed by atoms with van der Waals surface area (Å²) < 4.78 is 0. The van der Waals surface area contributed by atoms with Gasteiger partial charge in [0.05, 0.1) is 0 Å². The molecule has 1 aromatic rings. The minimum absolute atomic E-state index is 0.419. The van der Waals surface area contributed by atoms with Gasteiger partial charge >= 0.3 is 0 Å². The largest absolute Gasteiger partial charge is 0.377 e. The highest BCUT2D eigenvalue weighted by molar-refractivity contribution is 8.13. The molecule has 0 radical (unpaired) electrons. The maximum atomic E-state index is 5.49. The summed E-state index contributed by atoms with van der Waals surface area (Å²) in [7, 11) is 0. The Labute approximate surface area is 94.9 Å². The van der Waals surface area contributed by atoms with Crippen LogP contribution in [0.2, 0.25) is 0 Å². The van der Waals surface area contributed by atoms with Crippen LogP contribution in [0.3, 0.4) is 0 Å². The SMILES string of the molecule is CC(C)c1ccc(CSC(N)=NN)cc1. The normalized spacial score (nSPS) is 12.1. The molecule has 82 valence electrons. The van der Waals surface area contributed by atoms with Crippen LogP contribution in [0.15, 0.2) is 29.4 Å². The van der Waals surface area contributed by atoms with E-state index in [1.807, 2.05) is 0 Å². The Morgan fingerprint density at radius 2 is 1.93 bits per heavy atom. The first-order valence-electron chi connectivity index (χ1n) is 4.88.